The van der Waals surface area contributed by atoms with Crippen molar-refractivity contribution in [1.82, 2.24) is 14.8 Å². The molecule has 4 nitrogen and oxygen atoms in total. The summed E-state index contributed by atoms with van der Waals surface area (Å²) in [4.78, 5) is 4.33. The van der Waals surface area contributed by atoms with E-state index in [1.807, 2.05) is 19.2 Å². The minimum atomic E-state index is -0.651. The molecule has 2 rings (SSSR count). The Labute approximate surface area is 109 Å². The Hall–Kier alpha value is -0.910. The first-order valence-corrected chi connectivity index (χ1v) is 6.53. The number of halogens is 1. The van der Waals surface area contributed by atoms with Gasteiger partial charge in [0.15, 0.2) is 0 Å². The van der Waals surface area contributed by atoms with E-state index in [0.29, 0.717) is 17.1 Å². The molecular weight excluding hydrogens is 258 g/mol. The molecule has 0 bridgehead atoms. The molecule has 17 heavy (non-hydrogen) atoms. The predicted octanol–water partition coefficient (Wildman–Crippen LogP) is 2.42. The van der Waals surface area contributed by atoms with E-state index in [-0.39, 0.29) is 0 Å². The zero-order chi connectivity index (χ0) is 12.6. The Kier molecular flexibility index (Phi) is 3.51. The van der Waals surface area contributed by atoms with Gasteiger partial charge in [-0.15, -0.1) is 11.3 Å². The molecule has 2 heterocycles. The van der Waals surface area contributed by atoms with Crippen LogP contribution in [-0.2, 0) is 13.5 Å². The highest BCUT2D eigenvalue weighted by Crippen LogP contribution is 2.28. The third kappa shape index (κ3) is 2.51. The Bertz CT molecular complexity index is 535. The molecule has 1 N–H and O–H groups in total. The molecule has 0 aliphatic rings. The van der Waals surface area contributed by atoms with E-state index in [4.69, 9.17) is 11.6 Å². The van der Waals surface area contributed by atoms with Crippen LogP contribution < -0.4 is 0 Å². The van der Waals surface area contributed by atoms with Crippen LogP contribution in [0.3, 0.4) is 0 Å². The summed E-state index contributed by atoms with van der Waals surface area (Å²) in [5.41, 5.74) is 2.44. The van der Waals surface area contributed by atoms with Gasteiger partial charge in [0.1, 0.15) is 5.15 Å². The van der Waals surface area contributed by atoms with E-state index in [2.05, 4.69) is 10.1 Å². The van der Waals surface area contributed by atoms with Crippen LogP contribution in [0.5, 0.6) is 0 Å². The van der Waals surface area contributed by atoms with Crippen molar-refractivity contribution >= 4 is 22.9 Å². The fourth-order valence-corrected chi connectivity index (χ4v) is 2.90. The molecule has 6 heteroatoms. The minimum absolute atomic E-state index is 0.477. The van der Waals surface area contributed by atoms with Crippen LogP contribution in [0.25, 0.3) is 0 Å². The molecule has 0 aliphatic carbocycles. The SMILES string of the molecule is Cc1csc(CC(O)c2c(C)nn(C)c2Cl)n1. The number of aromatic nitrogens is 3. The second-order valence-electron chi connectivity index (χ2n) is 4.02. The van der Waals surface area contributed by atoms with Gasteiger partial charge < -0.3 is 5.11 Å². The molecule has 0 spiro atoms. The molecule has 0 fully saturated rings. The Morgan fingerprint density at radius 2 is 2.24 bits per heavy atom. The molecule has 0 saturated heterocycles. The third-order valence-corrected chi connectivity index (χ3v) is 4.00. The molecule has 2 aromatic rings. The van der Waals surface area contributed by atoms with Crippen molar-refractivity contribution in [3.63, 3.8) is 0 Å². The average molecular weight is 272 g/mol. The first-order chi connectivity index (χ1) is 7.99. The van der Waals surface area contributed by atoms with E-state index in [0.717, 1.165) is 16.4 Å². The summed E-state index contributed by atoms with van der Waals surface area (Å²) in [7, 11) is 1.76. The maximum absolute atomic E-state index is 10.2. The lowest BCUT2D eigenvalue weighted by Gasteiger charge is -2.08. The molecule has 0 amide bonds. The van der Waals surface area contributed by atoms with Crippen LogP contribution in [0, 0.1) is 13.8 Å². The van der Waals surface area contributed by atoms with Gasteiger partial charge in [0.25, 0.3) is 0 Å². The number of aliphatic hydroxyl groups is 1. The number of thiazole rings is 1. The first-order valence-electron chi connectivity index (χ1n) is 5.27. The van der Waals surface area contributed by atoms with Crippen molar-refractivity contribution < 1.29 is 5.11 Å². The van der Waals surface area contributed by atoms with E-state index < -0.39 is 6.10 Å². The van der Waals surface area contributed by atoms with Crippen molar-refractivity contribution in [1.29, 1.82) is 0 Å². The highest BCUT2D eigenvalue weighted by molar-refractivity contribution is 7.09. The highest BCUT2D eigenvalue weighted by Gasteiger charge is 2.20. The van der Waals surface area contributed by atoms with Gasteiger partial charge in [-0.3, -0.25) is 4.68 Å². The molecule has 1 unspecified atom stereocenters. The van der Waals surface area contributed by atoms with Crippen LogP contribution in [0.2, 0.25) is 5.15 Å². The summed E-state index contributed by atoms with van der Waals surface area (Å²) >= 11 is 7.65. The van der Waals surface area contributed by atoms with E-state index in [1.165, 1.54) is 0 Å². The zero-order valence-corrected chi connectivity index (χ0v) is 11.5. The molecule has 92 valence electrons. The summed E-state index contributed by atoms with van der Waals surface area (Å²) in [6.07, 6.45) is -0.174. The smallest absolute Gasteiger partial charge is 0.132 e. The number of aryl methyl sites for hydroxylation is 3. The minimum Gasteiger partial charge on any atom is -0.388 e. The maximum Gasteiger partial charge on any atom is 0.132 e. The van der Waals surface area contributed by atoms with Crippen LogP contribution in [0.4, 0.5) is 0 Å². The van der Waals surface area contributed by atoms with Crippen LogP contribution >= 0.6 is 22.9 Å². The maximum atomic E-state index is 10.2. The highest BCUT2D eigenvalue weighted by atomic mass is 35.5. The standard InChI is InChI=1S/C11H14ClN3OS/c1-6-5-17-9(13-6)4-8(16)10-7(2)14-15(3)11(10)12/h5,8,16H,4H2,1-3H3. The zero-order valence-electron chi connectivity index (χ0n) is 9.94. The number of aliphatic hydroxyl groups excluding tert-OH is 1. The predicted molar refractivity (Wildman–Crippen MR) is 68.5 cm³/mol. The van der Waals surface area contributed by atoms with Crippen molar-refractivity contribution in [3.05, 3.63) is 32.5 Å². The second-order valence-corrected chi connectivity index (χ2v) is 5.32. The Morgan fingerprint density at radius 1 is 1.53 bits per heavy atom. The van der Waals surface area contributed by atoms with Gasteiger partial charge in [-0.2, -0.15) is 5.10 Å². The summed E-state index contributed by atoms with van der Waals surface area (Å²) < 4.78 is 1.57. The number of rotatable bonds is 3. The van der Waals surface area contributed by atoms with Gasteiger partial charge in [-0.25, -0.2) is 4.98 Å². The fourth-order valence-electron chi connectivity index (χ4n) is 1.79. The van der Waals surface area contributed by atoms with Gasteiger partial charge >= 0.3 is 0 Å². The lowest BCUT2D eigenvalue weighted by Crippen LogP contribution is -2.03. The lowest BCUT2D eigenvalue weighted by molar-refractivity contribution is 0.177. The van der Waals surface area contributed by atoms with Crippen molar-refractivity contribution in [2.45, 2.75) is 26.4 Å². The van der Waals surface area contributed by atoms with Gasteiger partial charge in [0.05, 0.1) is 16.8 Å². The number of nitrogens with zero attached hydrogens (tertiary/aromatic N) is 3. The van der Waals surface area contributed by atoms with Gasteiger partial charge in [-0.1, -0.05) is 11.6 Å². The van der Waals surface area contributed by atoms with Gasteiger partial charge in [0, 0.05) is 30.1 Å². The molecule has 0 aromatic carbocycles. The van der Waals surface area contributed by atoms with Crippen molar-refractivity contribution in [3.8, 4) is 0 Å². The Balaban J connectivity index is 2.22. The summed E-state index contributed by atoms with van der Waals surface area (Å²) in [5, 5.41) is 17.7. The fraction of sp³-hybridized carbons (Fsp3) is 0.455. The van der Waals surface area contributed by atoms with Crippen LogP contribution in [0.1, 0.15) is 28.1 Å². The molecular formula is C11H14ClN3OS. The van der Waals surface area contributed by atoms with Gasteiger partial charge in [0.2, 0.25) is 0 Å². The molecule has 0 radical (unpaired) electrons. The topological polar surface area (TPSA) is 50.9 Å². The quantitative estimate of drug-likeness (QED) is 0.933. The van der Waals surface area contributed by atoms with E-state index in [9.17, 15) is 5.11 Å². The first kappa shape index (κ1) is 12.5. The third-order valence-electron chi connectivity index (χ3n) is 2.56. The van der Waals surface area contributed by atoms with Crippen molar-refractivity contribution in [2.24, 2.45) is 7.05 Å². The average Bonchev–Trinajstić information content (AvgIpc) is 2.73. The van der Waals surface area contributed by atoms with E-state index >= 15 is 0 Å². The normalized spacial score (nSPS) is 13.0. The molecule has 2 aromatic heterocycles. The summed E-state index contributed by atoms with van der Waals surface area (Å²) in [6.45, 7) is 3.78. The van der Waals surface area contributed by atoms with Crippen molar-refractivity contribution in [2.75, 3.05) is 0 Å². The van der Waals surface area contributed by atoms with Crippen LogP contribution in [-0.4, -0.2) is 19.9 Å². The van der Waals surface area contributed by atoms with Crippen LogP contribution in [0.15, 0.2) is 5.38 Å². The largest absolute Gasteiger partial charge is 0.388 e. The second kappa shape index (κ2) is 4.76. The Morgan fingerprint density at radius 3 is 2.71 bits per heavy atom. The molecule has 0 saturated carbocycles. The summed E-state index contributed by atoms with van der Waals surface area (Å²) in [6, 6.07) is 0. The molecule has 0 aliphatic heterocycles. The number of hydrogen-bond acceptors (Lipinski definition) is 4. The molecule has 1 atom stereocenters. The summed E-state index contributed by atoms with van der Waals surface area (Å²) in [5.74, 6) is 0. The number of hydrogen-bond donors (Lipinski definition) is 1. The van der Waals surface area contributed by atoms with E-state index in [1.54, 1.807) is 23.1 Å². The van der Waals surface area contributed by atoms with Gasteiger partial charge in [-0.05, 0) is 13.8 Å². The lowest BCUT2D eigenvalue weighted by atomic mass is 10.1. The monoisotopic (exact) mass is 271 g/mol.